The van der Waals surface area contributed by atoms with Gasteiger partial charge in [0.15, 0.2) is 9.84 Å². The van der Waals surface area contributed by atoms with Gasteiger partial charge in [0.25, 0.3) is 0 Å². The van der Waals surface area contributed by atoms with E-state index in [4.69, 9.17) is 4.74 Å². The summed E-state index contributed by atoms with van der Waals surface area (Å²) in [5.74, 6) is 0.219. The zero-order valence-electron chi connectivity index (χ0n) is 11.4. The van der Waals surface area contributed by atoms with Crippen molar-refractivity contribution < 1.29 is 13.2 Å². The largest absolute Gasteiger partial charge is 0.380 e. The van der Waals surface area contributed by atoms with Gasteiger partial charge in [-0.15, -0.1) is 0 Å². The Labute approximate surface area is 106 Å². The van der Waals surface area contributed by atoms with Crippen LogP contribution in [0.3, 0.4) is 0 Å². The van der Waals surface area contributed by atoms with Crippen LogP contribution in [0.15, 0.2) is 0 Å². The minimum absolute atomic E-state index is 0.219. The van der Waals surface area contributed by atoms with Crippen LogP contribution in [-0.4, -0.2) is 45.7 Å². The molecule has 4 nitrogen and oxygen atoms in total. The second kappa shape index (κ2) is 9.85. The molecule has 0 aliphatic carbocycles. The molecule has 0 amide bonds. The minimum Gasteiger partial charge on any atom is -0.380 e. The van der Waals surface area contributed by atoms with Crippen LogP contribution in [0.4, 0.5) is 0 Å². The van der Waals surface area contributed by atoms with E-state index in [1.165, 1.54) is 0 Å². The van der Waals surface area contributed by atoms with Crippen molar-refractivity contribution in [1.29, 1.82) is 0 Å². The van der Waals surface area contributed by atoms with Gasteiger partial charge < -0.3 is 10.1 Å². The molecule has 17 heavy (non-hydrogen) atoms. The van der Waals surface area contributed by atoms with Crippen LogP contribution >= 0.6 is 0 Å². The van der Waals surface area contributed by atoms with Gasteiger partial charge in [0.1, 0.15) is 0 Å². The van der Waals surface area contributed by atoms with Crippen LogP contribution in [0, 0.1) is 0 Å². The summed E-state index contributed by atoms with van der Waals surface area (Å²) in [5, 5.41) is 2.86. The molecule has 104 valence electrons. The molecule has 0 fully saturated rings. The zero-order valence-corrected chi connectivity index (χ0v) is 12.2. The van der Waals surface area contributed by atoms with E-state index in [2.05, 4.69) is 12.2 Å². The first-order valence-corrected chi connectivity index (χ1v) is 8.26. The number of sulfone groups is 1. The van der Waals surface area contributed by atoms with Crippen molar-refractivity contribution in [1.82, 2.24) is 5.32 Å². The quantitative estimate of drug-likeness (QED) is 0.577. The molecule has 0 spiro atoms. The molecule has 0 aromatic carbocycles. The van der Waals surface area contributed by atoms with Crippen molar-refractivity contribution in [2.75, 3.05) is 32.1 Å². The predicted molar refractivity (Wildman–Crippen MR) is 72.1 cm³/mol. The van der Waals surface area contributed by atoms with Gasteiger partial charge in [0.2, 0.25) is 0 Å². The van der Waals surface area contributed by atoms with Crippen LogP contribution < -0.4 is 5.32 Å². The average molecular weight is 265 g/mol. The van der Waals surface area contributed by atoms with Gasteiger partial charge in [0.05, 0.1) is 17.6 Å². The molecule has 1 atom stereocenters. The molecule has 1 N–H and O–H groups in total. The third-order valence-corrected chi connectivity index (χ3v) is 5.15. The highest BCUT2D eigenvalue weighted by Crippen LogP contribution is 2.04. The van der Waals surface area contributed by atoms with Crippen molar-refractivity contribution in [3.05, 3.63) is 0 Å². The fourth-order valence-corrected chi connectivity index (χ4v) is 2.63. The number of hydrogen-bond donors (Lipinski definition) is 1. The van der Waals surface area contributed by atoms with E-state index in [0.717, 1.165) is 26.0 Å². The van der Waals surface area contributed by atoms with E-state index in [1.807, 2.05) is 6.92 Å². The fraction of sp³-hybridized carbons (Fsp3) is 1.00. The number of nitrogens with one attached hydrogen (secondary N) is 1. The molecule has 0 aliphatic heterocycles. The Morgan fingerprint density at radius 1 is 1.18 bits per heavy atom. The number of rotatable bonds is 11. The van der Waals surface area contributed by atoms with Gasteiger partial charge in [0, 0.05) is 19.7 Å². The first-order valence-electron chi connectivity index (χ1n) is 6.54. The Morgan fingerprint density at radius 3 is 2.47 bits per heavy atom. The summed E-state index contributed by atoms with van der Waals surface area (Å²) >= 11 is 0. The molecule has 0 heterocycles. The Kier molecular flexibility index (Phi) is 9.78. The maximum atomic E-state index is 11.7. The number of unbranched alkanes of at least 4 members (excludes halogenated alkanes) is 1. The third-order valence-electron chi connectivity index (χ3n) is 2.82. The predicted octanol–water partition coefficient (Wildman–Crippen LogP) is 1.61. The Hall–Kier alpha value is -0.130. The molecule has 0 saturated carbocycles. The lowest BCUT2D eigenvalue weighted by molar-refractivity contribution is 0.133. The maximum absolute atomic E-state index is 11.7. The van der Waals surface area contributed by atoms with Crippen molar-refractivity contribution in [3.63, 3.8) is 0 Å². The SMILES string of the molecule is CCCCOCCNCCS(=O)(=O)C(C)CC. The molecular formula is C12H27NO3S. The summed E-state index contributed by atoms with van der Waals surface area (Å²) in [5.41, 5.74) is 0. The van der Waals surface area contributed by atoms with E-state index in [0.29, 0.717) is 19.6 Å². The molecule has 5 heteroatoms. The summed E-state index contributed by atoms with van der Waals surface area (Å²) in [4.78, 5) is 0. The zero-order chi connectivity index (χ0) is 13.1. The van der Waals surface area contributed by atoms with Crippen LogP contribution in [0.5, 0.6) is 0 Å². The van der Waals surface area contributed by atoms with Crippen LogP contribution in [-0.2, 0) is 14.6 Å². The Bertz CT molecular complexity index is 265. The van der Waals surface area contributed by atoms with Gasteiger partial charge in [-0.1, -0.05) is 20.3 Å². The van der Waals surface area contributed by atoms with Crippen LogP contribution in [0.2, 0.25) is 0 Å². The van der Waals surface area contributed by atoms with Gasteiger partial charge in [-0.05, 0) is 19.8 Å². The highest BCUT2D eigenvalue weighted by molar-refractivity contribution is 7.92. The normalized spacial score (nSPS) is 13.8. The third kappa shape index (κ3) is 8.57. The second-order valence-corrected chi connectivity index (χ2v) is 6.84. The summed E-state index contributed by atoms with van der Waals surface area (Å²) in [6.45, 7) is 8.48. The lowest BCUT2D eigenvalue weighted by Gasteiger charge is -2.11. The standard InChI is InChI=1S/C12H27NO3S/c1-4-6-9-16-10-7-13-8-11-17(14,15)12(3)5-2/h12-13H,4-11H2,1-3H3. The first-order chi connectivity index (χ1) is 8.04. The molecule has 0 rings (SSSR count). The highest BCUT2D eigenvalue weighted by atomic mass is 32.2. The van der Waals surface area contributed by atoms with Crippen molar-refractivity contribution in [3.8, 4) is 0 Å². The number of ether oxygens (including phenoxy) is 1. The van der Waals surface area contributed by atoms with Crippen molar-refractivity contribution >= 4 is 9.84 Å². The van der Waals surface area contributed by atoms with E-state index in [1.54, 1.807) is 6.92 Å². The molecular weight excluding hydrogens is 238 g/mol. The van der Waals surface area contributed by atoms with Crippen molar-refractivity contribution in [2.24, 2.45) is 0 Å². The summed E-state index contributed by atoms with van der Waals surface area (Å²) in [6, 6.07) is 0. The molecule has 0 aromatic heterocycles. The molecule has 0 aliphatic rings. The van der Waals surface area contributed by atoms with Crippen molar-refractivity contribution in [2.45, 2.75) is 45.3 Å². The molecule has 0 saturated heterocycles. The highest BCUT2D eigenvalue weighted by Gasteiger charge is 2.17. The van der Waals surface area contributed by atoms with Crippen LogP contribution in [0.1, 0.15) is 40.0 Å². The molecule has 1 unspecified atom stereocenters. The maximum Gasteiger partial charge on any atom is 0.154 e. The van der Waals surface area contributed by atoms with E-state index in [-0.39, 0.29) is 11.0 Å². The van der Waals surface area contributed by atoms with E-state index in [9.17, 15) is 8.42 Å². The Morgan fingerprint density at radius 2 is 1.88 bits per heavy atom. The minimum atomic E-state index is -2.92. The lowest BCUT2D eigenvalue weighted by Crippen LogP contribution is -2.30. The van der Waals surface area contributed by atoms with E-state index >= 15 is 0 Å². The Balaban J connectivity index is 3.45. The summed E-state index contributed by atoms with van der Waals surface area (Å²) < 4.78 is 28.7. The molecule has 0 aromatic rings. The fourth-order valence-electron chi connectivity index (χ4n) is 1.29. The molecule has 0 bridgehead atoms. The monoisotopic (exact) mass is 265 g/mol. The summed E-state index contributed by atoms with van der Waals surface area (Å²) in [6.07, 6.45) is 2.91. The number of hydrogen-bond acceptors (Lipinski definition) is 4. The molecule has 0 radical (unpaired) electrons. The van der Waals surface area contributed by atoms with Gasteiger partial charge >= 0.3 is 0 Å². The van der Waals surface area contributed by atoms with E-state index < -0.39 is 9.84 Å². The van der Waals surface area contributed by atoms with Gasteiger partial charge in [-0.3, -0.25) is 0 Å². The average Bonchev–Trinajstić information content (AvgIpc) is 2.31. The van der Waals surface area contributed by atoms with Gasteiger partial charge in [-0.2, -0.15) is 0 Å². The summed E-state index contributed by atoms with van der Waals surface area (Å²) in [7, 11) is -2.92. The smallest absolute Gasteiger partial charge is 0.154 e. The second-order valence-electron chi connectivity index (χ2n) is 4.30. The first kappa shape index (κ1) is 16.9. The van der Waals surface area contributed by atoms with Gasteiger partial charge in [-0.25, -0.2) is 8.42 Å². The lowest BCUT2D eigenvalue weighted by atomic mass is 10.4. The van der Waals surface area contributed by atoms with Crippen LogP contribution in [0.25, 0.3) is 0 Å². The topological polar surface area (TPSA) is 55.4 Å².